The summed E-state index contributed by atoms with van der Waals surface area (Å²) in [5, 5.41) is 11.6. The van der Waals surface area contributed by atoms with Crippen molar-refractivity contribution in [3.8, 4) is 11.1 Å². The maximum absolute atomic E-state index is 11.7. The SMILES string of the molecule is O=C1NC(=O)C(=Cc2cc3cncc(-c4cccc(C(=O)O)c4)c3o2)S1. The lowest BCUT2D eigenvalue weighted by molar-refractivity contribution is -0.115. The molecule has 0 spiro atoms. The van der Waals surface area contributed by atoms with E-state index < -0.39 is 17.1 Å². The number of fused-ring (bicyclic) bond motifs is 1. The van der Waals surface area contributed by atoms with Crippen LogP contribution in [0.1, 0.15) is 16.1 Å². The molecule has 3 aromatic rings. The van der Waals surface area contributed by atoms with Crippen molar-refractivity contribution in [1.82, 2.24) is 10.3 Å². The van der Waals surface area contributed by atoms with Crippen LogP contribution in [0.15, 0.2) is 52.0 Å². The third-order valence-electron chi connectivity index (χ3n) is 3.78. The van der Waals surface area contributed by atoms with Gasteiger partial charge in [0.15, 0.2) is 0 Å². The molecule has 8 heteroatoms. The average molecular weight is 366 g/mol. The first-order valence-corrected chi connectivity index (χ1v) is 8.29. The number of imide groups is 1. The van der Waals surface area contributed by atoms with Crippen LogP contribution in [0.3, 0.4) is 0 Å². The number of benzene rings is 1. The number of carboxylic acids is 1. The molecule has 2 N–H and O–H groups in total. The first kappa shape index (κ1) is 16.1. The number of rotatable bonds is 3. The zero-order chi connectivity index (χ0) is 18.3. The van der Waals surface area contributed by atoms with Crippen LogP contribution in [0.4, 0.5) is 4.79 Å². The summed E-state index contributed by atoms with van der Waals surface area (Å²) in [5.41, 5.74) is 1.96. The molecule has 4 rings (SSSR count). The highest BCUT2D eigenvalue weighted by Gasteiger charge is 2.25. The Morgan fingerprint density at radius 1 is 1.23 bits per heavy atom. The summed E-state index contributed by atoms with van der Waals surface area (Å²) in [6, 6.07) is 8.16. The number of hydrogen-bond donors (Lipinski definition) is 2. The lowest BCUT2D eigenvalue weighted by Gasteiger charge is -2.03. The fourth-order valence-corrected chi connectivity index (χ4v) is 3.29. The van der Waals surface area contributed by atoms with Crippen molar-refractivity contribution in [3.63, 3.8) is 0 Å². The maximum atomic E-state index is 11.7. The maximum Gasteiger partial charge on any atom is 0.335 e. The van der Waals surface area contributed by atoms with Crippen LogP contribution in [-0.2, 0) is 4.79 Å². The molecule has 128 valence electrons. The Morgan fingerprint density at radius 3 is 2.81 bits per heavy atom. The van der Waals surface area contributed by atoms with Gasteiger partial charge in [0.2, 0.25) is 0 Å². The zero-order valence-corrected chi connectivity index (χ0v) is 13.9. The molecule has 1 aromatic carbocycles. The number of nitrogens with zero attached hydrogens (tertiary/aromatic N) is 1. The van der Waals surface area contributed by atoms with E-state index in [1.807, 2.05) is 0 Å². The van der Waals surface area contributed by atoms with E-state index in [9.17, 15) is 14.4 Å². The molecule has 1 saturated heterocycles. The summed E-state index contributed by atoms with van der Waals surface area (Å²) in [7, 11) is 0. The first-order valence-electron chi connectivity index (χ1n) is 7.47. The van der Waals surface area contributed by atoms with Gasteiger partial charge in [-0.25, -0.2) is 4.79 Å². The highest BCUT2D eigenvalue weighted by molar-refractivity contribution is 8.18. The topological polar surface area (TPSA) is 110 Å². The van der Waals surface area contributed by atoms with Crippen molar-refractivity contribution in [2.45, 2.75) is 0 Å². The number of hydrogen-bond acceptors (Lipinski definition) is 6. The zero-order valence-electron chi connectivity index (χ0n) is 13.1. The molecule has 1 fully saturated rings. The molecule has 2 amide bonds. The Bertz CT molecular complexity index is 1120. The number of pyridine rings is 1. The number of thioether (sulfide) groups is 1. The van der Waals surface area contributed by atoms with Crippen molar-refractivity contribution >= 4 is 45.9 Å². The van der Waals surface area contributed by atoms with Crippen LogP contribution < -0.4 is 5.32 Å². The third kappa shape index (κ3) is 2.86. The van der Waals surface area contributed by atoms with E-state index in [0.29, 0.717) is 27.9 Å². The Balaban J connectivity index is 1.81. The van der Waals surface area contributed by atoms with E-state index in [1.165, 1.54) is 12.1 Å². The predicted molar refractivity (Wildman–Crippen MR) is 95.5 cm³/mol. The smallest absolute Gasteiger partial charge is 0.335 e. The van der Waals surface area contributed by atoms with Crippen LogP contribution >= 0.6 is 11.8 Å². The molecule has 0 aliphatic carbocycles. The van der Waals surface area contributed by atoms with Crippen molar-refractivity contribution in [1.29, 1.82) is 0 Å². The van der Waals surface area contributed by atoms with Gasteiger partial charge in [-0.1, -0.05) is 12.1 Å². The summed E-state index contributed by atoms with van der Waals surface area (Å²) in [4.78, 5) is 38.5. The lowest BCUT2D eigenvalue weighted by Crippen LogP contribution is -2.17. The minimum absolute atomic E-state index is 0.158. The minimum atomic E-state index is -1.02. The number of nitrogens with one attached hydrogen (secondary N) is 1. The Hall–Kier alpha value is -3.39. The second kappa shape index (κ2) is 6.16. The number of amides is 2. The standard InChI is InChI=1S/C18H10N2O5S/c21-16-14(26-18(24)20-16)6-12-5-11-7-19-8-13(15(11)25-12)9-2-1-3-10(4-9)17(22)23/h1-8H,(H,22,23)(H,20,21,24). The molecule has 3 heterocycles. The Morgan fingerprint density at radius 2 is 2.08 bits per heavy atom. The second-order valence-electron chi connectivity index (χ2n) is 5.49. The summed E-state index contributed by atoms with van der Waals surface area (Å²) in [6.07, 6.45) is 4.69. The molecule has 1 aliphatic rings. The number of carbonyl (C=O) groups is 3. The molecule has 2 aromatic heterocycles. The van der Waals surface area contributed by atoms with E-state index in [0.717, 1.165) is 11.8 Å². The molecule has 0 radical (unpaired) electrons. The van der Waals surface area contributed by atoms with E-state index in [-0.39, 0.29) is 10.5 Å². The number of carbonyl (C=O) groups excluding carboxylic acids is 2. The van der Waals surface area contributed by atoms with E-state index >= 15 is 0 Å². The Kier molecular flexibility index (Phi) is 3.81. The van der Waals surface area contributed by atoms with Crippen LogP contribution in [0, 0.1) is 0 Å². The normalized spacial score (nSPS) is 15.6. The van der Waals surface area contributed by atoms with Gasteiger partial charge >= 0.3 is 5.97 Å². The summed E-state index contributed by atoms with van der Waals surface area (Å²) >= 11 is 0.805. The van der Waals surface area contributed by atoms with Gasteiger partial charge in [-0.3, -0.25) is 19.9 Å². The monoisotopic (exact) mass is 366 g/mol. The minimum Gasteiger partial charge on any atom is -0.478 e. The van der Waals surface area contributed by atoms with Crippen LogP contribution in [0.25, 0.3) is 28.2 Å². The fraction of sp³-hybridized carbons (Fsp3) is 0. The fourth-order valence-electron chi connectivity index (χ4n) is 2.63. The van der Waals surface area contributed by atoms with Crippen molar-refractivity contribution in [2.75, 3.05) is 0 Å². The molecular formula is C18H10N2O5S. The van der Waals surface area contributed by atoms with Crippen molar-refractivity contribution < 1.29 is 23.9 Å². The van der Waals surface area contributed by atoms with Gasteiger partial charge in [-0.05, 0) is 35.5 Å². The first-order chi connectivity index (χ1) is 12.5. The average Bonchev–Trinajstić information content (AvgIpc) is 3.17. The van der Waals surface area contributed by atoms with Gasteiger partial charge in [-0.2, -0.15) is 0 Å². The molecule has 0 bridgehead atoms. The molecular weight excluding hydrogens is 356 g/mol. The predicted octanol–water partition coefficient (Wildman–Crippen LogP) is 3.52. The number of aromatic nitrogens is 1. The Labute approximate surface area is 150 Å². The van der Waals surface area contributed by atoms with Gasteiger partial charge in [0.05, 0.1) is 10.5 Å². The molecule has 7 nitrogen and oxygen atoms in total. The molecule has 0 unspecified atom stereocenters. The highest BCUT2D eigenvalue weighted by Crippen LogP contribution is 2.33. The molecule has 26 heavy (non-hydrogen) atoms. The number of carboxylic acid groups (broad SMARTS) is 1. The lowest BCUT2D eigenvalue weighted by atomic mass is 10.0. The summed E-state index contributed by atoms with van der Waals surface area (Å²) in [5.74, 6) is -1.09. The highest BCUT2D eigenvalue weighted by atomic mass is 32.2. The van der Waals surface area contributed by atoms with Crippen molar-refractivity contribution in [2.24, 2.45) is 0 Å². The summed E-state index contributed by atoms with van der Waals surface area (Å²) in [6.45, 7) is 0. The number of furan rings is 1. The quantitative estimate of drug-likeness (QED) is 0.683. The summed E-state index contributed by atoms with van der Waals surface area (Å²) < 4.78 is 5.83. The van der Waals surface area contributed by atoms with Gasteiger partial charge in [0, 0.05) is 29.4 Å². The number of aromatic carboxylic acids is 1. The van der Waals surface area contributed by atoms with Crippen LogP contribution in [0.5, 0.6) is 0 Å². The van der Waals surface area contributed by atoms with Crippen molar-refractivity contribution in [3.05, 3.63) is 59.0 Å². The van der Waals surface area contributed by atoms with Gasteiger partial charge in [0.25, 0.3) is 11.1 Å². The largest absolute Gasteiger partial charge is 0.478 e. The van der Waals surface area contributed by atoms with Gasteiger partial charge in [0.1, 0.15) is 11.3 Å². The van der Waals surface area contributed by atoms with E-state index in [2.05, 4.69) is 10.3 Å². The van der Waals surface area contributed by atoms with Gasteiger partial charge in [-0.15, -0.1) is 0 Å². The van der Waals surface area contributed by atoms with E-state index in [1.54, 1.807) is 36.7 Å². The third-order valence-corrected chi connectivity index (χ3v) is 4.59. The molecule has 0 atom stereocenters. The molecule has 0 saturated carbocycles. The second-order valence-corrected chi connectivity index (χ2v) is 6.51. The van der Waals surface area contributed by atoms with Crippen LogP contribution in [0.2, 0.25) is 0 Å². The van der Waals surface area contributed by atoms with Gasteiger partial charge < -0.3 is 9.52 Å². The van der Waals surface area contributed by atoms with Crippen LogP contribution in [-0.4, -0.2) is 27.2 Å². The molecule has 1 aliphatic heterocycles. The van der Waals surface area contributed by atoms with E-state index in [4.69, 9.17) is 9.52 Å².